The van der Waals surface area contributed by atoms with Gasteiger partial charge in [0.2, 0.25) is 0 Å². The van der Waals surface area contributed by atoms with E-state index in [1.165, 1.54) is 44.5 Å². The van der Waals surface area contributed by atoms with Gasteiger partial charge in [0.15, 0.2) is 0 Å². The van der Waals surface area contributed by atoms with Crippen molar-refractivity contribution in [2.24, 2.45) is 0 Å². The molecule has 0 atom stereocenters. The highest BCUT2D eigenvalue weighted by atomic mass is 79.9. The number of aromatic nitrogens is 1. The number of halogens is 1. The lowest BCUT2D eigenvalue weighted by molar-refractivity contribution is 0.229. The Labute approximate surface area is 112 Å². The molecule has 0 saturated carbocycles. The van der Waals surface area contributed by atoms with Crippen LogP contribution in [-0.4, -0.2) is 36.1 Å². The lowest BCUT2D eigenvalue weighted by Crippen LogP contribution is -2.35. The molecule has 3 nitrogen and oxygen atoms in total. The number of hydrogen-bond donors (Lipinski definition) is 1. The molecular formula is C13H20BrN3. The molecule has 1 aliphatic heterocycles. The fourth-order valence-corrected chi connectivity index (χ4v) is 2.62. The van der Waals surface area contributed by atoms with Crippen molar-refractivity contribution >= 4 is 15.9 Å². The highest BCUT2D eigenvalue weighted by Crippen LogP contribution is 2.09. The molecule has 0 aliphatic carbocycles. The molecule has 1 saturated heterocycles. The van der Waals surface area contributed by atoms with Crippen LogP contribution in [0.2, 0.25) is 0 Å². The van der Waals surface area contributed by atoms with Crippen LogP contribution in [0.4, 0.5) is 0 Å². The molecule has 0 unspecified atom stereocenters. The van der Waals surface area contributed by atoms with Gasteiger partial charge in [0, 0.05) is 36.5 Å². The standard InChI is InChI=1S/C13H20BrN3/c14-13-8-12(10-16-11-13)9-15-4-7-17-5-2-1-3-6-17/h8,10-11,15H,1-7,9H2. The largest absolute Gasteiger partial charge is 0.311 e. The monoisotopic (exact) mass is 297 g/mol. The van der Waals surface area contributed by atoms with Crippen LogP contribution < -0.4 is 5.32 Å². The predicted molar refractivity (Wildman–Crippen MR) is 73.9 cm³/mol. The van der Waals surface area contributed by atoms with Crippen molar-refractivity contribution in [2.45, 2.75) is 25.8 Å². The Morgan fingerprint density at radius 2 is 2.06 bits per heavy atom. The van der Waals surface area contributed by atoms with E-state index in [0.29, 0.717) is 0 Å². The third kappa shape index (κ3) is 4.74. The lowest BCUT2D eigenvalue weighted by atomic mass is 10.1. The maximum absolute atomic E-state index is 4.16. The summed E-state index contributed by atoms with van der Waals surface area (Å²) < 4.78 is 1.05. The molecule has 0 radical (unpaired) electrons. The molecular weight excluding hydrogens is 278 g/mol. The van der Waals surface area contributed by atoms with Crippen molar-refractivity contribution in [3.8, 4) is 0 Å². The molecule has 1 aromatic rings. The van der Waals surface area contributed by atoms with Gasteiger partial charge in [0.1, 0.15) is 0 Å². The van der Waals surface area contributed by atoms with Gasteiger partial charge >= 0.3 is 0 Å². The van der Waals surface area contributed by atoms with Gasteiger partial charge in [0.25, 0.3) is 0 Å². The zero-order valence-corrected chi connectivity index (χ0v) is 11.7. The SMILES string of the molecule is Brc1cncc(CNCCN2CCCCC2)c1. The molecule has 4 heteroatoms. The summed E-state index contributed by atoms with van der Waals surface area (Å²) in [5.74, 6) is 0. The Balaban J connectivity index is 1.62. The molecule has 1 aromatic heterocycles. The van der Waals surface area contributed by atoms with Crippen molar-refractivity contribution in [2.75, 3.05) is 26.2 Å². The van der Waals surface area contributed by atoms with E-state index in [9.17, 15) is 0 Å². The first-order valence-electron chi connectivity index (χ1n) is 6.37. The third-order valence-electron chi connectivity index (χ3n) is 3.14. The summed E-state index contributed by atoms with van der Waals surface area (Å²) in [4.78, 5) is 6.71. The van der Waals surface area contributed by atoms with E-state index >= 15 is 0 Å². The van der Waals surface area contributed by atoms with E-state index < -0.39 is 0 Å². The predicted octanol–water partition coefficient (Wildman–Crippen LogP) is 2.42. The van der Waals surface area contributed by atoms with Crippen LogP contribution in [0.3, 0.4) is 0 Å². The van der Waals surface area contributed by atoms with Crippen molar-refractivity contribution < 1.29 is 0 Å². The Kier molecular flexibility index (Phi) is 5.42. The number of rotatable bonds is 5. The van der Waals surface area contributed by atoms with Crippen molar-refractivity contribution in [1.82, 2.24) is 15.2 Å². The van der Waals surface area contributed by atoms with Crippen molar-refractivity contribution in [3.63, 3.8) is 0 Å². The average molecular weight is 298 g/mol. The molecule has 0 amide bonds. The van der Waals surface area contributed by atoms with Gasteiger partial charge in [-0.1, -0.05) is 6.42 Å². The second kappa shape index (κ2) is 7.09. The van der Waals surface area contributed by atoms with Crippen LogP contribution in [-0.2, 0) is 6.54 Å². The quantitative estimate of drug-likeness (QED) is 0.846. The third-order valence-corrected chi connectivity index (χ3v) is 3.58. The lowest BCUT2D eigenvalue weighted by Gasteiger charge is -2.26. The highest BCUT2D eigenvalue weighted by Gasteiger charge is 2.08. The molecule has 1 aliphatic rings. The van der Waals surface area contributed by atoms with E-state index in [0.717, 1.165) is 17.6 Å². The Hall–Kier alpha value is -0.450. The zero-order chi connectivity index (χ0) is 11.9. The molecule has 0 bridgehead atoms. The topological polar surface area (TPSA) is 28.2 Å². The first-order chi connectivity index (χ1) is 8.34. The highest BCUT2D eigenvalue weighted by molar-refractivity contribution is 9.10. The van der Waals surface area contributed by atoms with Gasteiger partial charge < -0.3 is 10.2 Å². The number of pyridine rings is 1. The number of piperidine rings is 1. The number of hydrogen-bond acceptors (Lipinski definition) is 3. The number of nitrogens with zero attached hydrogens (tertiary/aromatic N) is 2. The van der Waals surface area contributed by atoms with E-state index in [1.54, 1.807) is 0 Å². The molecule has 2 rings (SSSR count). The number of nitrogens with one attached hydrogen (secondary N) is 1. The Morgan fingerprint density at radius 3 is 2.82 bits per heavy atom. The molecule has 17 heavy (non-hydrogen) atoms. The van der Waals surface area contributed by atoms with Gasteiger partial charge in [-0.2, -0.15) is 0 Å². The van der Waals surface area contributed by atoms with Crippen LogP contribution in [0.25, 0.3) is 0 Å². The summed E-state index contributed by atoms with van der Waals surface area (Å²) in [6.07, 6.45) is 7.88. The summed E-state index contributed by atoms with van der Waals surface area (Å²) in [6.45, 7) is 5.69. The minimum absolute atomic E-state index is 0.903. The molecule has 1 fully saturated rings. The molecule has 0 aromatic carbocycles. The molecule has 2 heterocycles. The number of likely N-dealkylation sites (tertiary alicyclic amines) is 1. The van der Waals surface area contributed by atoms with E-state index in [4.69, 9.17) is 0 Å². The fraction of sp³-hybridized carbons (Fsp3) is 0.615. The van der Waals surface area contributed by atoms with Gasteiger partial charge in [-0.3, -0.25) is 4.98 Å². The summed E-state index contributed by atoms with van der Waals surface area (Å²) in [5, 5.41) is 3.47. The summed E-state index contributed by atoms with van der Waals surface area (Å²) in [7, 11) is 0. The maximum atomic E-state index is 4.16. The van der Waals surface area contributed by atoms with Crippen LogP contribution in [0, 0.1) is 0 Å². The normalized spacial score (nSPS) is 17.2. The fourth-order valence-electron chi connectivity index (χ4n) is 2.21. The second-order valence-electron chi connectivity index (χ2n) is 4.59. The van der Waals surface area contributed by atoms with Gasteiger partial charge in [-0.15, -0.1) is 0 Å². The van der Waals surface area contributed by atoms with Gasteiger partial charge in [-0.05, 0) is 53.5 Å². The first-order valence-corrected chi connectivity index (χ1v) is 7.16. The summed E-state index contributed by atoms with van der Waals surface area (Å²) in [6, 6.07) is 2.11. The Bertz CT molecular complexity index is 337. The Morgan fingerprint density at radius 1 is 1.24 bits per heavy atom. The average Bonchev–Trinajstić information content (AvgIpc) is 2.36. The van der Waals surface area contributed by atoms with Crippen molar-refractivity contribution in [1.29, 1.82) is 0 Å². The van der Waals surface area contributed by atoms with Gasteiger partial charge in [0.05, 0.1) is 0 Å². The van der Waals surface area contributed by atoms with Crippen LogP contribution in [0.5, 0.6) is 0 Å². The van der Waals surface area contributed by atoms with Gasteiger partial charge in [-0.25, -0.2) is 0 Å². The minimum atomic E-state index is 0.903. The summed E-state index contributed by atoms with van der Waals surface area (Å²) >= 11 is 3.44. The molecule has 94 valence electrons. The second-order valence-corrected chi connectivity index (χ2v) is 5.51. The van der Waals surface area contributed by atoms with Crippen LogP contribution >= 0.6 is 15.9 Å². The molecule has 0 spiro atoms. The van der Waals surface area contributed by atoms with E-state index in [-0.39, 0.29) is 0 Å². The zero-order valence-electron chi connectivity index (χ0n) is 10.2. The van der Waals surface area contributed by atoms with Crippen LogP contribution in [0.15, 0.2) is 22.9 Å². The summed E-state index contributed by atoms with van der Waals surface area (Å²) in [5.41, 5.74) is 1.23. The van der Waals surface area contributed by atoms with E-state index in [2.05, 4.69) is 37.2 Å². The smallest absolute Gasteiger partial charge is 0.0410 e. The van der Waals surface area contributed by atoms with Crippen molar-refractivity contribution in [3.05, 3.63) is 28.5 Å². The van der Waals surface area contributed by atoms with Crippen LogP contribution in [0.1, 0.15) is 24.8 Å². The molecule has 1 N–H and O–H groups in total. The minimum Gasteiger partial charge on any atom is -0.311 e. The maximum Gasteiger partial charge on any atom is 0.0410 e. The van der Waals surface area contributed by atoms with E-state index in [1.807, 2.05) is 12.4 Å². The first kappa shape index (κ1) is 13.0.